The van der Waals surface area contributed by atoms with E-state index in [1.165, 1.54) is 0 Å². The van der Waals surface area contributed by atoms with Crippen LogP contribution in [0.15, 0.2) is 126 Å². The lowest BCUT2D eigenvalue weighted by atomic mass is 10.1. The molecule has 0 N–H and O–H groups in total. The Hall–Kier alpha value is -6.30. The molecule has 0 fully saturated rings. The fourth-order valence-corrected chi connectivity index (χ4v) is 6.86. The van der Waals surface area contributed by atoms with Gasteiger partial charge in [0.2, 0.25) is 0 Å². The van der Waals surface area contributed by atoms with E-state index in [-0.39, 0.29) is 0 Å². The first-order valence-corrected chi connectivity index (χ1v) is 14.1. The third kappa shape index (κ3) is 3.03. The minimum Gasteiger partial charge on any atom is -0.455 e. The number of para-hydroxylation sites is 4. The van der Waals surface area contributed by atoms with E-state index in [0.717, 1.165) is 71.2 Å². The summed E-state index contributed by atoms with van der Waals surface area (Å²) in [4.78, 5) is 0. The predicted octanol–water partition coefficient (Wildman–Crippen LogP) is 9.52. The van der Waals surface area contributed by atoms with E-state index in [0.29, 0.717) is 16.8 Å². The minimum absolute atomic E-state index is 0.446. The molecule has 43 heavy (non-hydrogen) atoms. The van der Waals surface area contributed by atoms with Crippen LogP contribution in [0.25, 0.3) is 76.9 Å². The molecule has 198 valence electrons. The molecule has 9 rings (SSSR count). The average Bonchev–Trinajstić information content (AvgIpc) is 3.72. The van der Waals surface area contributed by atoms with Crippen molar-refractivity contribution in [2.24, 2.45) is 0 Å². The van der Waals surface area contributed by atoms with Crippen molar-refractivity contribution in [1.29, 1.82) is 10.5 Å². The lowest BCUT2D eigenvalue weighted by Gasteiger charge is -2.11. The predicted molar refractivity (Wildman–Crippen MR) is 172 cm³/mol. The van der Waals surface area contributed by atoms with Gasteiger partial charge in [-0.25, -0.2) is 0 Å². The summed E-state index contributed by atoms with van der Waals surface area (Å²) in [6.45, 7) is 0. The highest BCUT2D eigenvalue weighted by molar-refractivity contribution is 6.29. The highest BCUT2D eigenvalue weighted by Crippen LogP contribution is 2.45. The molecule has 5 nitrogen and oxygen atoms in total. The van der Waals surface area contributed by atoms with Gasteiger partial charge in [0, 0.05) is 27.2 Å². The van der Waals surface area contributed by atoms with Crippen LogP contribution >= 0.6 is 0 Å². The van der Waals surface area contributed by atoms with Crippen LogP contribution in [-0.2, 0) is 0 Å². The lowest BCUT2D eigenvalue weighted by molar-refractivity contribution is 0.677. The van der Waals surface area contributed by atoms with E-state index < -0.39 is 0 Å². The zero-order chi connectivity index (χ0) is 28.7. The van der Waals surface area contributed by atoms with Crippen molar-refractivity contribution in [2.75, 3.05) is 0 Å². The summed E-state index contributed by atoms with van der Waals surface area (Å²) < 4.78 is 11.3. The Labute approximate surface area is 245 Å². The van der Waals surface area contributed by atoms with Gasteiger partial charge in [-0.1, -0.05) is 60.7 Å². The summed E-state index contributed by atoms with van der Waals surface area (Å²) >= 11 is 0. The Morgan fingerprint density at radius 1 is 0.442 bits per heavy atom. The van der Waals surface area contributed by atoms with Gasteiger partial charge in [-0.15, -0.1) is 0 Å². The Morgan fingerprint density at radius 2 is 0.953 bits per heavy atom. The number of furan rings is 1. The van der Waals surface area contributed by atoms with Gasteiger partial charge in [-0.3, -0.25) is 0 Å². The van der Waals surface area contributed by atoms with Crippen molar-refractivity contribution in [1.82, 2.24) is 9.13 Å². The highest BCUT2D eigenvalue weighted by Gasteiger charge is 2.23. The van der Waals surface area contributed by atoms with Crippen LogP contribution in [0, 0.1) is 22.7 Å². The summed E-state index contributed by atoms with van der Waals surface area (Å²) in [6, 6.07) is 45.4. The molecule has 0 aliphatic carbocycles. The molecule has 0 amide bonds. The zero-order valence-corrected chi connectivity index (χ0v) is 22.7. The maximum Gasteiger partial charge on any atom is 0.145 e. The molecule has 0 radical (unpaired) electrons. The Morgan fingerprint density at radius 3 is 1.53 bits per heavy atom. The average molecular weight is 549 g/mol. The number of rotatable bonds is 2. The van der Waals surface area contributed by atoms with Gasteiger partial charge < -0.3 is 13.6 Å². The number of hydrogen-bond donors (Lipinski definition) is 0. The van der Waals surface area contributed by atoms with E-state index in [1.54, 1.807) is 18.2 Å². The summed E-state index contributed by atoms with van der Waals surface area (Å²) in [5.74, 6) is 0. The number of fused-ring (bicyclic) bond motifs is 11. The highest BCUT2D eigenvalue weighted by atomic mass is 16.3. The molecular weight excluding hydrogens is 528 g/mol. The molecule has 3 heterocycles. The first-order chi connectivity index (χ1) is 21.3. The fourth-order valence-electron chi connectivity index (χ4n) is 6.86. The van der Waals surface area contributed by atoms with Crippen LogP contribution in [-0.4, -0.2) is 9.13 Å². The summed E-state index contributed by atoms with van der Waals surface area (Å²) in [7, 11) is 0. The molecule has 6 aromatic carbocycles. The maximum atomic E-state index is 10.0. The summed E-state index contributed by atoms with van der Waals surface area (Å²) in [6.07, 6.45) is 0. The van der Waals surface area contributed by atoms with Crippen LogP contribution < -0.4 is 0 Å². The number of benzene rings is 6. The normalized spacial score (nSPS) is 11.7. The Kier molecular flexibility index (Phi) is 4.68. The SMILES string of the molecule is N#Cc1cccc(C#N)c1-n1c2ccccc2c2c3oc4c(ccc5c4c4ccccc4n5-c4ccccc4)c3ccc21. The summed E-state index contributed by atoms with van der Waals surface area (Å²) in [5, 5.41) is 26.3. The van der Waals surface area contributed by atoms with Gasteiger partial charge in [0.05, 0.1) is 49.7 Å². The van der Waals surface area contributed by atoms with Gasteiger partial charge >= 0.3 is 0 Å². The molecule has 0 aliphatic rings. The third-order valence-electron chi connectivity index (χ3n) is 8.59. The van der Waals surface area contributed by atoms with E-state index in [2.05, 4.69) is 95.6 Å². The van der Waals surface area contributed by atoms with Crippen molar-refractivity contribution in [3.8, 4) is 23.5 Å². The van der Waals surface area contributed by atoms with Crippen molar-refractivity contribution in [3.05, 3.63) is 132 Å². The van der Waals surface area contributed by atoms with Crippen LogP contribution in [0.4, 0.5) is 0 Å². The minimum atomic E-state index is 0.446. The maximum absolute atomic E-state index is 10.0. The van der Waals surface area contributed by atoms with Crippen molar-refractivity contribution in [3.63, 3.8) is 0 Å². The molecule has 3 aromatic heterocycles. The second kappa shape index (κ2) is 8.60. The molecule has 0 unspecified atom stereocenters. The van der Waals surface area contributed by atoms with Gasteiger partial charge in [0.25, 0.3) is 0 Å². The van der Waals surface area contributed by atoms with Crippen LogP contribution in [0.1, 0.15) is 11.1 Å². The van der Waals surface area contributed by atoms with Crippen molar-refractivity contribution >= 4 is 65.6 Å². The van der Waals surface area contributed by atoms with Crippen molar-refractivity contribution in [2.45, 2.75) is 0 Å². The third-order valence-corrected chi connectivity index (χ3v) is 8.59. The van der Waals surface area contributed by atoms with Crippen LogP contribution in [0.5, 0.6) is 0 Å². The standard InChI is InChI=1S/C38H20N4O/c39-21-23-9-8-10-24(22-40)36(23)42-31-16-7-5-14-29(31)35-33(42)20-18-27-26-17-19-32-34(37(26)43-38(27)35)28-13-4-6-15-30(28)41(32)25-11-2-1-3-12-25/h1-20H. The summed E-state index contributed by atoms with van der Waals surface area (Å²) in [5.41, 5.74) is 8.21. The zero-order valence-electron chi connectivity index (χ0n) is 22.7. The molecule has 0 atom stereocenters. The molecule has 5 heteroatoms. The van der Waals surface area contributed by atoms with Gasteiger partial charge in [0.15, 0.2) is 0 Å². The molecule has 0 spiro atoms. The van der Waals surface area contributed by atoms with E-state index in [4.69, 9.17) is 4.42 Å². The smallest absolute Gasteiger partial charge is 0.145 e. The Balaban J connectivity index is 1.46. The number of aromatic nitrogens is 2. The second-order valence-corrected chi connectivity index (χ2v) is 10.7. The van der Waals surface area contributed by atoms with E-state index >= 15 is 0 Å². The largest absolute Gasteiger partial charge is 0.455 e. The van der Waals surface area contributed by atoms with Gasteiger partial charge in [-0.05, 0) is 60.7 Å². The molecular formula is C38H20N4O. The van der Waals surface area contributed by atoms with Crippen molar-refractivity contribution < 1.29 is 4.42 Å². The molecule has 9 aromatic rings. The number of nitriles is 2. The molecule has 0 bridgehead atoms. The Bertz CT molecular complexity index is 2660. The molecule has 0 aliphatic heterocycles. The van der Waals surface area contributed by atoms with Gasteiger partial charge in [-0.2, -0.15) is 10.5 Å². The van der Waals surface area contributed by atoms with Gasteiger partial charge in [0.1, 0.15) is 23.3 Å². The number of hydrogen-bond acceptors (Lipinski definition) is 3. The molecule has 0 saturated carbocycles. The second-order valence-electron chi connectivity index (χ2n) is 10.7. The topological polar surface area (TPSA) is 70.6 Å². The first-order valence-electron chi connectivity index (χ1n) is 14.1. The van der Waals surface area contributed by atoms with Crippen LogP contribution in [0.3, 0.4) is 0 Å². The monoisotopic (exact) mass is 548 g/mol. The quantitative estimate of drug-likeness (QED) is 0.216. The first kappa shape index (κ1) is 23.4. The van der Waals surface area contributed by atoms with E-state index in [9.17, 15) is 10.5 Å². The van der Waals surface area contributed by atoms with E-state index in [1.807, 2.05) is 28.8 Å². The molecule has 0 saturated heterocycles. The van der Waals surface area contributed by atoms with Crippen LogP contribution in [0.2, 0.25) is 0 Å². The number of nitrogens with zero attached hydrogens (tertiary/aromatic N) is 4. The lowest BCUT2D eigenvalue weighted by Crippen LogP contribution is -2.00. The fraction of sp³-hybridized carbons (Fsp3) is 0.